The molecule has 4 rings (SSSR count). The summed E-state index contributed by atoms with van der Waals surface area (Å²) in [5.41, 5.74) is 3.28. The van der Waals surface area contributed by atoms with Crippen LogP contribution in [-0.2, 0) is 6.54 Å². The van der Waals surface area contributed by atoms with E-state index in [1.807, 2.05) is 11.5 Å². The van der Waals surface area contributed by atoms with Gasteiger partial charge in [0.1, 0.15) is 23.0 Å². The van der Waals surface area contributed by atoms with Gasteiger partial charge in [-0.05, 0) is 31.5 Å². The molecule has 0 aliphatic heterocycles. The maximum Gasteiger partial charge on any atom is 0.212 e. The molecule has 4 aromatic rings. The Hall–Kier alpha value is -3.29. The lowest BCUT2D eigenvalue weighted by atomic mass is 10.2. The molecule has 4 heterocycles. The van der Waals surface area contributed by atoms with Crippen molar-refractivity contribution >= 4 is 11.2 Å². The molecule has 0 radical (unpaired) electrons. The monoisotopic (exact) mass is 352 g/mol. The number of aryl methyl sites for hydroxylation is 2. The van der Waals surface area contributed by atoms with Crippen molar-refractivity contribution in [2.24, 2.45) is 0 Å². The van der Waals surface area contributed by atoms with Crippen molar-refractivity contribution in [1.29, 1.82) is 0 Å². The third-order valence-corrected chi connectivity index (χ3v) is 3.97. The van der Waals surface area contributed by atoms with E-state index in [2.05, 4.69) is 24.9 Å². The van der Waals surface area contributed by atoms with Crippen LogP contribution in [0.1, 0.15) is 17.1 Å². The Bertz CT molecular complexity index is 1100. The average Bonchev–Trinajstić information content (AvgIpc) is 2.96. The van der Waals surface area contributed by atoms with E-state index >= 15 is 0 Å². The largest absolute Gasteiger partial charge is 0.304 e. The number of pyridine rings is 2. The smallest absolute Gasteiger partial charge is 0.212 e. The number of aromatic nitrogens is 6. The molecular formula is C18H14F2N6. The molecule has 0 saturated carbocycles. The molecule has 0 fully saturated rings. The van der Waals surface area contributed by atoms with E-state index in [1.165, 1.54) is 18.3 Å². The molecule has 4 aromatic heterocycles. The van der Waals surface area contributed by atoms with Crippen LogP contribution in [0.15, 0.2) is 36.8 Å². The summed E-state index contributed by atoms with van der Waals surface area (Å²) in [6.45, 7) is 4.00. The van der Waals surface area contributed by atoms with E-state index in [0.29, 0.717) is 34.9 Å². The summed E-state index contributed by atoms with van der Waals surface area (Å²) < 4.78 is 28.6. The second-order valence-corrected chi connectivity index (χ2v) is 5.93. The molecule has 0 atom stereocenters. The minimum Gasteiger partial charge on any atom is -0.304 e. The van der Waals surface area contributed by atoms with E-state index in [1.54, 1.807) is 19.2 Å². The Balaban J connectivity index is 1.95. The Morgan fingerprint density at radius 1 is 1.00 bits per heavy atom. The first-order chi connectivity index (χ1) is 12.5. The SMILES string of the molecule is Cc1nc(C)c2nc(-c3cncc(F)c3)n(Cc3ccc(F)nc3)c2n1. The van der Waals surface area contributed by atoms with Crippen molar-refractivity contribution in [2.45, 2.75) is 20.4 Å². The number of nitrogens with zero attached hydrogens (tertiary/aromatic N) is 6. The van der Waals surface area contributed by atoms with Crippen molar-refractivity contribution in [3.05, 3.63) is 65.6 Å². The van der Waals surface area contributed by atoms with Crippen LogP contribution in [0.3, 0.4) is 0 Å². The van der Waals surface area contributed by atoms with Crippen molar-refractivity contribution in [2.75, 3.05) is 0 Å². The van der Waals surface area contributed by atoms with Crippen LogP contribution in [0.2, 0.25) is 0 Å². The number of hydrogen-bond acceptors (Lipinski definition) is 5. The van der Waals surface area contributed by atoms with Crippen LogP contribution in [0.5, 0.6) is 0 Å². The van der Waals surface area contributed by atoms with Crippen LogP contribution in [0, 0.1) is 25.6 Å². The maximum atomic E-state index is 13.7. The summed E-state index contributed by atoms with van der Waals surface area (Å²) in [6.07, 6.45) is 4.13. The molecule has 0 aliphatic carbocycles. The zero-order chi connectivity index (χ0) is 18.3. The van der Waals surface area contributed by atoms with Gasteiger partial charge < -0.3 is 4.57 Å². The molecule has 0 saturated heterocycles. The predicted octanol–water partition coefficient (Wildman–Crippen LogP) is 3.23. The molecule has 0 amide bonds. The highest BCUT2D eigenvalue weighted by atomic mass is 19.1. The first-order valence-corrected chi connectivity index (χ1v) is 7.94. The molecule has 8 heteroatoms. The molecule has 0 N–H and O–H groups in total. The molecular weight excluding hydrogens is 338 g/mol. The summed E-state index contributed by atoms with van der Waals surface area (Å²) >= 11 is 0. The van der Waals surface area contributed by atoms with Gasteiger partial charge in [-0.1, -0.05) is 6.07 Å². The first kappa shape index (κ1) is 16.2. The third kappa shape index (κ3) is 2.90. The van der Waals surface area contributed by atoms with Crippen LogP contribution >= 0.6 is 0 Å². The number of halogens is 2. The minimum absolute atomic E-state index is 0.353. The van der Waals surface area contributed by atoms with Crippen molar-refractivity contribution in [3.8, 4) is 11.4 Å². The minimum atomic E-state index is -0.548. The molecule has 130 valence electrons. The molecule has 0 unspecified atom stereocenters. The lowest BCUT2D eigenvalue weighted by Gasteiger charge is -2.09. The van der Waals surface area contributed by atoms with E-state index in [4.69, 9.17) is 0 Å². The van der Waals surface area contributed by atoms with Gasteiger partial charge >= 0.3 is 0 Å². The highest BCUT2D eigenvalue weighted by Gasteiger charge is 2.18. The molecule has 6 nitrogen and oxygen atoms in total. The van der Waals surface area contributed by atoms with E-state index in [9.17, 15) is 8.78 Å². The fraction of sp³-hybridized carbons (Fsp3) is 0.167. The Kier molecular flexibility index (Phi) is 3.87. The summed E-state index contributed by atoms with van der Waals surface area (Å²) in [6, 6.07) is 4.30. The van der Waals surface area contributed by atoms with Gasteiger partial charge in [-0.15, -0.1) is 0 Å². The summed E-state index contributed by atoms with van der Waals surface area (Å²) in [5, 5.41) is 0. The van der Waals surface area contributed by atoms with E-state index in [0.717, 1.165) is 17.5 Å². The molecule has 0 aromatic carbocycles. The molecule has 26 heavy (non-hydrogen) atoms. The molecule has 0 aliphatic rings. The van der Waals surface area contributed by atoms with Crippen LogP contribution in [0.25, 0.3) is 22.6 Å². The zero-order valence-electron chi connectivity index (χ0n) is 14.1. The highest BCUT2D eigenvalue weighted by Crippen LogP contribution is 2.26. The van der Waals surface area contributed by atoms with Crippen molar-refractivity contribution in [1.82, 2.24) is 29.5 Å². The standard InChI is InChI=1S/C18H14F2N6/c1-10-16-18(24-11(2)23-10)26(9-12-3-4-15(20)22-6-12)17(25-16)13-5-14(19)8-21-7-13/h3-8H,9H2,1-2H3. The molecule has 0 bridgehead atoms. The highest BCUT2D eigenvalue weighted by molar-refractivity contribution is 5.79. The summed E-state index contributed by atoms with van der Waals surface area (Å²) in [4.78, 5) is 21.1. The fourth-order valence-electron chi connectivity index (χ4n) is 2.86. The van der Waals surface area contributed by atoms with Crippen molar-refractivity contribution < 1.29 is 8.78 Å². The molecule has 0 spiro atoms. The van der Waals surface area contributed by atoms with Gasteiger partial charge in [-0.3, -0.25) is 4.98 Å². The lowest BCUT2D eigenvalue weighted by Crippen LogP contribution is -2.05. The van der Waals surface area contributed by atoms with Crippen LogP contribution in [0.4, 0.5) is 8.78 Å². The first-order valence-electron chi connectivity index (χ1n) is 7.94. The van der Waals surface area contributed by atoms with Crippen molar-refractivity contribution in [3.63, 3.8) is 0 Å². The van der Waals surface area contributed by atoms with Crippen LogP contribution in [-0.4, -0.2) is 29.5 Å². The Morgan fingerprint density at radius 2 is 1.85 bits per heavy atom. The fourth-order valence-corrected chi connectivity index (χ4v) is 2.86. The maximum absolute atomic E-state index is 13.7. The third-order valence-electron chi connectivity index (χ3n) is 3.97. The number of hydrogen-bond donors (Lipinski definition) is 0. The van der Waals surface area contributed by atoms with Crippen LogP contribution < -0.4 is 0 Å². The van der Waals surface area contributed by atoms with Gasteiger partial charge in [0.25, 0.3) is 0 Å². The van der Waals surface area contributed by atoms with Gasteiger partial charge in [0.2, 0.25) is 5.95 Å². The topological polar surface area (TPSA) is 69.4 Å². The second kappa shape index (κ2) is 6.21. The van der Waals surface area contributed by atoms with Gasteiger partial charge in [-0.25, -0.2) is 24.3 Å². The Labute approximate surface area is 147 Å². The van der Waals surface area contributed by atoms with Gasteiger partial charge in [-0.2, -0.15) is 4.39 Å². The van der Waals surface area contributed by atoms with Gasteiger partial charge in [0, 0.05) is 18.0 Å². The van der Waals surface area contributed by atoms with Gasteiger partial charge in [0.05, 0.1) is 18.4 Å². The van der Waals surface area contributed by atoms with E-state index < -0.39 is 11.8 Å². The second-order valence-electron chi connectivity index (χ2n) is 5.93. The average molecular weight is 352 g/mol. The van der Waals surface area contributed by atoms with Gasteiger partial charge in [0.15, 0.2) is 5.65 Å². The number of rotatable bonds is 3. The summed E-state index contributed by atoms with van der Waals surface area (Å²) in [5.74, 6) is 0.118. The Morgan fingerprint density at radius 3 is 2.58 bits per heavy atom. The lowest BCUT2D eigenvalue weighted by molar-refractivity contribution is 0.581. The predicted molar refractivity (Wildman–Crippen MR) is 91.3 cm³/mol. The summed E-state index contributed by atoms with van der Waals surface area (Å²) in [7, 11) is 0. The number of fused-ring (bicyclic) bond motifs is 1. The van der Waals surface area contributed by atoms with E-state index in [-0.39, 0.29) is 0 Å². The number of imidazole rings is 1. The zero-order valence-corrected chi connectivity index (χ0v) is 14.1. The normalized spacial score (nSPS) is 11.2. The quantitative estimate of drug-likeness (QED) is 0.530.